The molecule has 0 saturated carbocycles. The maximum absolute atomic E-state index is 11.8. The molecule has 3 N–H and O–H groups in total. The maximum atomic E-state index is 11.8. The smallest absolute Gasteiger partial charge is 0.217 e. The highest BCUT2D eigenvalue weighted by atomic mass is 32.2. The van der Waals surface area contributed by atoms with Crippen LogP contribution in [0.5, 0.6) is 0 Å². The van der Waals surface area contributed by atoms with Crippen molar-refractivity contribution < 1.29 is 18.3 Å². The van der Waals surface area contributed by atoms with Crippen molar-refractivity contribution in [1.82, 2.24) is 4.98 Å². The molecule has 1 rings (SSSR count). The van der Waals surface area contributed by atoms with E-state index in [-0.39, 0.29) is 36.1 Å². The molecule has 19 heavy (non-hydrogen) atoms. The highest BCUT2D eigenvalue weighted by Gasteiger charge is 2.15. The Morgan fingerprint density at radius 3 is 2.68 bits per heavy atom. The highest BCUT2D eigenvalue weighted by molar-refractivity contribution is 7.91. The number of rotatable bonds is 8. The van der Waals surface area contributed by atoms with Crippen molar-refractivity contribution >= 4 is 15.7 Å². The molecule has 0 aromatic carbocycles. The van der Waals surface area contributed by atoms with Crippen LogP contribution in [0.3, 0.4) is 0 Å². The van der Waals surface area contributed by atoms with E-state index in [1.165, 1.54) is 12.3 Å². The van der Waals surface area contributed by atoms with Crippen LogP contribution >= 0.6 is 0 Å². The average Bonchev–Trinajstić information content (AvgIpc) is 2.37. The molecule has 7 heteroatoms. The van der Waals surface area contributed by atoms with Gasteiger partial charge in [0.05, 0.1) is 5.75 Å². The summed E-state index contributed by atoms with van der Waals surface area (Å²) in [5.74, 6) is -0.506. The van der Waals surface area contributed by atoms with Crippen LogP contribution in [0.1, 0.15) is 24.8 Å². The van der Waals surface area contributed by atoms with E-state index in [0.29, 0.717) is 6.42 Å². The topological polar surface area (TPSA) is 110 Å². The third-order valence-electron chi connectivity index (χ3n) is 2.42. The van der Waals surface area contributed by atoms with E-state index < -0.39 is 9.84 Å². The van der Waals surface area contributed by atoms with E-state index >= 15 is 0 Å². The Labute approximate surface area is 112 Å². The molecule has 1 radical (unpaired) electrons. The third kappa shape index (κ3) is 5.35. The van der Waals surface area contributed by atoms with E-state index in [1.807, 2.05) is 0 Å². The van der Waals surface area contributed by atoms with Crippen LogP contribution in [-0.2, 0) is 14.6 Å². The van der Waals surface area contributed by atoms with Gasteiger partial charge in [0.25, 0.3) is 0 Å². The third-order valence-corrected chi connectivity index (χ3v) is 4.12. The van der Waals surface area contributed by atoms with Gasteiger partial charge in [0.15, 0.2) is 14.9 Å². The molecule has 0 aliphatic rings. The molecule has 0 bridgehead atoms. The minimum atomic E-state index is -3.43. The van der Waals surface area contributed by atoms with Gasteiger partial charge < -0.3 is 10.8 Å². The van der Waals surface area contributed by atoms with E-state index in [0.717, 1.165) is 5.56 Å². The van der Waals surface area contributed by atoms with Crippen LogP contribution in [-0.4, -0.2) is 36.8 Å². The van der Waals surface area contributed by atoms with Crippen LogP contribution in [0.25, 0.3) is 0 Å². The number of pyridine rings is 1. The van der Waals surface area contributed by atoms with Crippen molar-refractivity contribution in [3.05, 3.63) is 30.3 Å². The first-order chi connectivity index (χ1) is 8.95. The van der Waals surface area contributed by atoms with E-state index in [4.69, 9.17) is 10.8 Å². The molecule has 1 aromatic rings. The van der Waals surface area contributed by atoms with Crippen LogP contribution in [0.4, 0.5) is 0 Å². The quantitative estimate of drug-likeness (QED) is 0.701. The predicted molar refractivity (Wildman–Crippen MR) is 69.8 cm³/mol. The number of aliphatic hydroxyl groups is 1. The molecule has 0 atom stereocenters. The zero-order chi connectivity index (χ0) is 14.3. The van der Waals surface area contributed by atoms with Crippen LogP contribution < -0.4 is 5.73 Å². The number of carbonyl (C=O) groups excluding carboxylic acids is 1. The number of hydrogen-bond donors (Lipinski definition) is 2. The number of carbonyl (C=O) groups is 1. The Hall–Kier alpha value is -1.47. The van der Waals surface area contributed by atoms with Gasteiger partial charge in [-0.05, 0) is 30.9 Å². The molecular weight excluding hydrogens is 268 g/mol. The fourth-order valence-corrected chi connectivity index (χ4v) is 2.64. The summed E-state index contributed by atoms with van der Waals surface area (Å²) in [5.41, 5.74) is 5.75. The molecule has 0 aliphatic heterocycles. The van der Waals surface area contributed by atoms with Gasteiger partial charge in [-0.15, -0.1) is 0 Å². The summed E-state index contributed by atoms with van der Waals surface area (Å²) < 4.78 is 23.5. The van der Waals surface area contributed by atoms with Gasteiger partial charge in [0, 0.05) is 19.2 Å². The second kappa shape index (κ2) is 7.20. The first-order valence-electron chi connectivity index (χ1n) is 5.87. The number of nitrogens with two attached hydrogens (primary N) is 1. The lowest BCUT2D eigenvalue weighted by molar-refractivity contribution is -0.117. The van der Waals surface area contributed by atoms with Gasteiger partial charge in [-0.3, -0.25) is 4.79 Å². The van der Waals surface area contributed by atoms with Crippen LogP contribution in [0.15, 0.2) is 23.4 Å². The zero-order valence-electron chi connectivity index (χ0n) is 10.4. The molecule has 0 aliphatic carbocycles. The molecule has 1 heterocycles. The molecule has 0 unspecified atom stereocenters. The number of primary amides is 1. The zero-order valence-corrected chi connectivity index (χ0v) is 11.3. The lowest BCUT2D eigenvalue weighted by atomic mass is 10.1. The minimum Gasteiger partial charge on any atom is -0.396 e. The monoisotopic (exact) mass is 285 g/mol. The number of amides is 1. The first-order valence-corrected chi connectivity index (χ1v) is 7.52. The van der Waals surface area contributed by atoms with Crippen molar-refractivity contribution in [3.63, 3.8) is 0 Å². The predicted octanol–water partition coefficient (Wildman–Crippen LogP) is 0.0556. The Kier molecular flexibility index (Phi) is 5.91. The molecule has 1 amide bonds. The molecule has 0 fully saturated rings. The molecule has 6 nitrogen and oxygen atoms in total. The second-order valence-electron chi connectivity index (χ2n) is 4.03. The number of aliphatic hydroxyl groups excluding tert-OH is 1. The van der Waals surface area contributed by atoms with Crippen molar-refractivity contribution in [1.29, 1.82) is 0 Å². The standard InChI is InChI=1S/C12H17N2O4S/c13-11(16)4-1-3-10-5-6-12(14-9-10)19(17,18)8-2-7-15/h3,5-6,9,15H,1-2,4,7-8H2,(H2,13,16). The lowest BCUT2D eigenvalue weighted by Crippen LogP contribution is -2.10. The SMILES string of the molecule is NC(=O)CC[CH]c1ccc(S(=O)(=O)CCCO)nc1. The summed E-state index contributed by atoms with van der Waals surface area (Å²) in [6, 6.07) is 3.04. The van der Waals surface area contributed by atoms with Crippen molar-refractivity contribution in [2.75, 3.05) is 12.4 Å². The highest BCUT2D eigenvalue weighted by Crippen LogP contribution is 2.12. The van der Waals surface area contributed by atoms with Crippen molar-refractivity contribution in [3.8, 4) is 0 Å². The van der Waals surface area contributed by atoms with E-state index in [9.17, 15) is 13.2 Å². The summed E-state index contributed by atoms with van der Waals surface area (Å²) in [6.45, 7) is -0.168. The van der Waals surface area contributed by atoms with Crippen LogP contribution in [0.2, 0.25) is 0 Å². The molecule has 0 saturated heterocycles. The first kappa shape index (κ1) is 15.6. The van der Waals surface area contributed by atoms with E-state index in [1.54, 1.807) is 12.5 Å². The van der Waals surface area contributed by atoms with Crippen LogP contribution in [0, 0.1) is 6.42 Å². The molecule has 105 valence electrons. The lowest BCUT2D eigenvalue weighted by Gasteiger charge is -2.04. The van der Waals surface area contributed by atoms with Gasteiger partial charge in [-0.25, -0.2) is 13.4 Å². The van der Waals surface area contributed by atoms with Gasteiger partial charge in [-0.2, -0.15) is 0 Å². The van der Waals surface area contributed by atoms with E-state index in [2.05, 4.69) is 4.98 Å². The van der Waals surface area contributed by atoms with Gasteiger partial charge >= 0.3 is 0 Å². The van der Waals surface area contributed by atoms with Crippen molar-refractivity contribution in [2.45, 2.75) is 24.3 Å². The summed E-state index contributed by atoms with van der Waals surface area (Å²) in [6.07, 6.45) is 4.13. The maximum Gasteiger partial charge on any atom is 0.217 e. The summed E-state index contributed by atoms with van der Waals surface area (Å²) in [5, 5.41) is 8.63. The van der Waals surface area contributed by atoms with Gasteiger partial charge in [0.1, 0.15) is 0 Å². The Balaban J connectivity index is 2.63. The fraction of sp³-hybridized carbons (Fsp3) is 0.417. The number of aromatic nitrogens is 1. The number of nitrogens with zero attached hydrogens (tertiary/aromatic N) is 1. The summed E-state index contributed by atoms with van der Waals surface area (Å²) >= 11 is 0. The average molecular weight is 285 g/mol. The summed E-state index contributed by atoms with van der Waals surface area (Å²) in [4.78, 5) is 14.4. The molecular formula is C12H17N2O4S. The number of hydrogen-bond acceptors (Lipinski definition) is 5. The van der Waals surface area contributed by atoms with Crippen molar-refractivity contribution in [2.24, 2.45) is 5.73 Å². The molecule has 1 aromatic heterocycles. The minimum absolute atomic E-state index is 0.00648. The Morgan fingerprint density at radius 1 is 1.42 bits per heavy atom. The second-order valence-corrected chi connectivity index (χ2v) is 6.09. The molecule has 0 spiro atoms. The fourth-order valence-electron chi connectivity index (χ4n) is 1.44. The normalized spacial score (nSPS) is 11.4. The number of sulfone groups is 1. The van der Waals surface area contributed by atoms with Gasteiger partial charge in [-0.1, -0.05) is 6.07 Å². The Morgan fingerprint density at radius 2 is 2.16 bits per heavy atom. The van der Waals surface area contributed by atoms with Gasteiger partial charge in [0.2, 0.25) is 5.91 Å². The summed E-state index contributed by atoms with van der Waals surface area (Å²) in [7, 11) is -3.43. The Bertz CT molecular complexity index is 511. The largest absolute Gasteiger partial charge is 0.396 e.